The highest BCUT2D eigenvalue weighted by atomic mass is 32.1. The Morgan fingerprint density at radius 3 is 2.57 bits per heavy atom. The second kappa shape index (κ2) is 9.65. The van der Waals surface area contributed by atoms with Gasteiger partial charge in [0.05, 0.1) is 29.8 Å². The number of anilines is 1. The summed E-state index contributed by atoms with van der Waals surface area (Å²) in [5.74, 6) is -0.625. The number of thiophene rings is 1. The van der Waals surface area contributed by atoms with E-state index in [4.69, 9.17) is 17.0 Å². The van der Waals surface area contributed by atoms with E-state index in [2.05, 4.69) is 15.7 Å². The van der Waals surface area contributed by atoms with Crippen molar-refractivity contribution in [2.75, 3.05) is 25.5 Å². The van der Waals surface area contributed by atoms with Crippen molar-refractivity contribution in [1.29, 1.82) is 0 Å². The first-order chi connectivity index (χ1) is 13.3. The standard InChI is InChI=1S/C18H25N5O3S2/c1-6-23(7-2)16(24)14-11(3)13(17(25)26-5)15(28-14)20-18(27)19-10-12-8-9-22(4)21-12/h8-9H,6-7,10H2,1-5H3,(H2,19,20,27). The van der Waals surface area contributed by atoms with Crippen molar-refractivity contribution in [1.82, 2.24) is 20.0 Å². The first-order valence-corrected chi connectivity index (χ1v) is 10.1. The smallest absolute Gasteiger partial charge is 0.341 e. The fourth-order valence-electron chi connectivity index (χ4n) is 2.68. The van der Waals surface area contributed by atoms with E-state index in [9.17, 15) is 9.59 Å². The maximum Gasteiger partial charge on any atom is 0.341 e. The van der Waals surface area contributed by atoms with Crippen LogP contribution in [0.1, 0.15) is 45.1 Å². The number of carbonyl (C=O) groups is 2. The van der Waals surface area contributed by atoms with E-state index in [0.717, 1.165) is 5.69 Å². The van der Waals surface area contributed by atoms with Gasteiger partial charge in [0.2, 0.25) is 0 Å². The molecule has 0 aliphatic heterocycles. The molecular weight excluding hydrogens is 398 g/mol. The van der Waals surface area contributed by atoms with Crippen LogP contribution in [0.25, 0.3) is 0 Å². The summed E-state index contributed by atoms with van der Waals surface area (Å²) in [6.45, 7) is 7.20. The summed E-state index contributed by atoms with van der Waals surface area (Å²) < 4.78 is 6.61. The van der Waals surface area contributed by atoms with Crippen molar-refractivity contribution < 1.29 is 14.3 Å². The number of methoxy groups -OCH3 is 1. The Morgan fingerprint density at radius 2 is 2.04 bits per heavy atom. The van der Waals surface area contributed by atoms with Gasteiger partial charge in [-0.15, -0.1) is 11.3 Å². The molecule has 0 aliphatic carbocycles. The van der Waals surface area contributed by atoms with Crippen LogP contribution in [0.3, 0.4) is 0 Å². The molecule has 0 saturated carbocycles. The molecule has 2 N–H and O–H groups in total. The average Bonchev–Trinajstić information content (AvgIpc) is 3.23. The van der Waals surface area contributed by atoms with Gasteiger partial charge in [0.1, 0.15) is 5.00 Å². The van der Waals surface area contributed by atoms with E-state index in [0.29, 0.717) is 45.8 Å². The Hall–Kier alpha value is -2.46. The van der Waals surface area contributed by atoms with Crippen molar-refractivity contribution >= 4 is 45.5 Å². The van der Waals surface area contributed by atoms with Gasteiger partial charge in [0.25, 0.3) is 5.91 Å². The number of nitrogens with zero attached hydrogens (tertiary/aromatic N) is 3. The molecule has 1 amide bonds. The number of aromatic nitrogens is 2. The Balaban J connectivity index is 2.23. The first-order valence-electron chi connectivity index (χ1n) is 8.86. The summed E-state index contributed by atoms with van der Waals surface area (Å²) >= 11 is 6.54. The fraction of sp³-hybridized carbons (Fsp3) is 0.444. The van der Waals surface area contributed by atoms with E-state index in [1.807, 2.05) is 33.2 Å². The van der Waals surface area contributed by atoms with Crippen LogP contribution in [0.2, 0.25) is 0 Å². The predicted molar refractivity (Wildman–Crippen MR) is 114 cm³/mol. The minimum absolute atomic E-state index is 0.113. The van der Waals surface area contributed by atoms with Gasteiger partial charge in [-0.3, -0.25) is 9.48 Å². The normalized spacial score (nSPS) is 10.5. The number of aryl methyl sites for hydroxylation is 1. The number of amides is 1. The van der Waals surface area contributed by atoms with E-state index in [-0.39, 0.29) is 5.91 Å². The summed E-state index contributed by atoms with van der Waals surface area (Å²) in [6, 6.07) is 1.88. The highest BCUT2D eigenvalue weighted by molar-refractivity contribution is 7.80. The summed E-state index contributed by atoms with van der Waals surface area (Å²) in [5, 5.41) is 11.2. The van der Waals surface area contributed by atoms with Crippen LogP contribution in [0.15, 0.2) is 12.3 Å². The zero-order valence-corrected chi connectivity index (χ0v) is 18.3. The Morgan fingerprint density at radius 1 is 1.36 bits per heavy atom. The van der Waals surface area contributed by atoms with E-state index >= 15 is 0 Å². The lowest BCUT2D eigenvalue weighted by Gasteiger charge is -2.17. The molecule has 2 aromatic rings. The number of hydrogen-bond acceptors (Lipinski definition) is 6. The topological polar surface area (TPSA) is 88.5 Å². The average molecular weight is 424 g/mol. The molecule has 0 aliphatic rings. The predicted octanol–water partition coefficient (Wildman–Crippen LogP) is 2.55. The minimum Gasteiger partial charge on any atom is -0.465 e. The molecule has 0 atom stereocenters. The maximum atomic E-state index is 12.8. The minimum atomic E-state index is -0.512. The summed E-state index contributed by atoms with van der Waals surface area (Å²) in [4.78, 5) is 27.3. The third-order valence-corrected chi connectivity index (χ3v) is 5.65. The molecule has 28 heavy (non-hydrogen) atoms. The Bertz CT molecular complexity index is 871. The molecule has 0 fully saturated rings. The lowest BCUT2D eigenvalue weighted by atomic mass is 10.1. The molecule has 0 aromatic carbocycles. The number of rotatable bonds is 7. The van der Waals surface area contributed by atoms with Gasteiger partial charge >= 0.3 is 5.97 Å². The highest BCUT2D eigenvalue weighted by Gasteiger charge is 2.27. The SMILES string of the molecule is CCN(CC)C(=O)c1sc(NC(=S)NCc2ccn(C)n2)c(C(=O)OC)c1C. The van der Waals surface area contributed by atoms with Crippen LogP contribution in [0, 0.1) is 6.92 Å². The molecule has 0 radical (unpaired) electrons. The summed E-state index contributed by atoms with van der Waals surface area (Å²) in [6.07, 6.45) is 1.84. The van der Waals surface area contributed by atoms with Gasteiger partial charge in [-0.1, -0.05) is 0 Å². The molecule has 2 aromatic heterocycles. The molecular formula is C18H25N5O3S2. The van der Waals surface area contributed by atoms with Crippen molar-refractivity contribution in [2.24, 2.45) is 7.05 Å². The number of ether oxygens (including phenoxy) is 1. The Kier molecular flexibility index (Phi) is 7.53. The number of carbonyl (C=O) groups excluding carboxylic acids is 2. The Labute approximate surface area is 173 Å². The molecule has 8 nitrogen and oxygen atoms in total. The van der Waals surface area contributed by atoms with Crippen molar-refractivity contribution in [2.45, 2.75) is 27.3 Å². The summed E-state index contributed by atoms with van der Waals surface area (Å²) in [5.41, 5.74) is 1.74. The summed E-state index contributed by atoms with van der Waals surface area (Å²) in [7, 11) is 3.15. The molecule has 10 heteroatoms. The molecule has 2 heterocycles. The van der Waals surface area contributed by atoms with E-state index in [1.54, 1.807) is 16.5 Å². The lowest BCUT2D eigenvalue weighted by molar-refractivity contribution is 0.0601. The van der Waals surface area contributed by atoms with Crippen molar-refractivity contribution in [3.8, 4) is 0 Å². The fourth-order valence-corrected chi connectivity index (χ4v) is 4.09. The molecule has 0 unspecified atom stereocenters. The highest BCUT2D eigenvalue weighted by Crippen LogP contribution is 2.34. The van der Waals surface area contributed by atoms with Crippen molar-refractivity contribution in [3.63, 3.8) is 0 Å². The first kappa shape index (κ1) is 21.8. The van der Waals surface area contributed by atoms with Crippen LogP contribution in [-0.2, 0) is 18.3 Å². The second-order valence-corrected chi connectivity index (χ2v) is 7.45. The van der Waals surface area contributed by atoms with Crippen molar-refractivity contribution in [3.05, 3.63) is 34.0 Å². The van der Waals surface area contributed by atoms with Gasteiger partial charge in [0.15, 0.2) is 5.11 Å². The zero-order valence-electron chi connectivity index (χ0n) is 16.7. The second-order valence-electron chi connectivity index (χ2n) is 6.02. The third kappa shape index (κ3) is 4.87. The molecule has 0 spiro atoms. The van der Waals surface area contributed by atoms with Crippen LogP contribution in [-0.4, -0.2) is 51.9 Å². The molecule has 0 saturated heterocycles. The quantitative estimate of drug-likeness (QED) is 0.523. The molecule has 2 rings (SSSR count). The largest absolute Gasteiger partial charge is 0.465 e. The number of nitrogens with one attached hydrogen (secondary N) is 2. The number of thiocarbonyl (C=S) groups is 1. The van der Waals surface area contributed by atoms with E-state index < -0.39 is 5.97 Å². The van der Waals surface area contributed by atoms with Crippen LogP contribution >= 0.6 is 23.6 Å². The molecule has 0 bridgehead atoms. The van der Waals surface area contributed by atoms with Gasteiger partial charge in [-0.2, -0.15) is 5.10 Å². The van der Waals surface area contributed by atoms with Gasteiger partial charge in [0, 0.05) is 26.3 Å². The van der Waals surface area contributed by atoms with Crippen LogP contribution in [0.5, 0.6) is 0 Å². The van der Waals surface area contributed by atoms with Gasteiger partial charge < -0.3 is 20.3 Å². The number of esters is 1. The third-order valence-electron chi connectivity index (χ3n) is 4.21. The zero-order chi connectivity index (χ0) is 20.8. The maximum absolute atomic E-state index is 12.8. The molecule has 152 valence electrons. The van der Waals surface area contributed by atoms with Gasteiger partial charge in [-0.25, -0.2) is 4.79 Å². The van der Waals surface area contributed by atoms with Gasteiger partial charge in [-0.05, 0) is 44.6 Å². The van der Waals surface area contributed by atoms with Crippen LogP contribution < -0.4 is 10.6 Å². The monoisotopic (exact) mass is 423 g/mol. The number of hydrogen-bond donors (Lipinski definition) is 2. The lowest BCUT2D eigenvalue weighted by Crippen LogP contribution is -2.30. The van der Waals surface area contributed by atoms with E-state index in [1.165, 1.54) is 18.4 Å². The van der Waals surface area contributed by atoms with Crippen LogP contribution in [0.4, 0.5) is 5.00 Å².